The minimum Gasteiger partial charge on any atom is -0.494 e. The Labute approximate surface area is 176 Å². The Balaban J connectivity index is 1.41. The van der Waals surface area contributed by atoms with Crippen LogP contribution in [0.25, 0.3) is 0 Å². The molecule has 0 atom stereocenters. The highest BCUT2D eigenvalue weighted by atomic mass is 19.1. The fourth-order valence-electron chi connectivity index (χ4n) is 3.65. The van der Waals surface area contributed by atoms with E-state index in [2.05, 4.69) is 5.32 Å². The molecule has 160 valence electrons. The molecule has 0 aliphatic carbocycles. The normalized spacial score (nSPS) is 14.4. The summed E-state index contributed by atoms with van der Waals surface area (Å²) < 4.78 is 18.9. The van der Waals surface area contributed by atoms with Gasteiger partial charge < -0.3 is 19.9 Å². The van der Waals surface area contributed by atoms with E-state index in [9.17, 15) is 14.0 Å². The molecule has 3 rings (SSSR count). The molecule has 0 aromatic heterocycles. The lowest BCUT2D eigenvalue weighted by Gasteiger charge is -2.32. The van der Waals surface area contributed by atoms with E-state index in [0.717, 1.165) is 29.3 Å². The predicted molar refractivity (Wildman–Crippen MR) is 113 cm³/mol. The first-order valence-electron chi connectivity index (χ1n) is 10.4. The number of carbonyl (C=O) groups is 2. The third-order valence-electron chi connectivity index (χ3n) is 5.22. The third kappa shape index (κ3) is 6.29. The van der Waals surface area contributed by atoms with Gasteiger partial charge in [-0.3, -0.25) is 9.59 Å². The largest absolute Gasteiger partial charge is 0.494 e. The lowest BCUT2D eigenvalue weighted by molar-refractivity contribution is -0.895. The second kappa shape index (κ2) is 10.7. The molecule has 2 aromatic rings. The minimum atomic E-state index is -0.379. The molecule has 0 unspecified atom stereocenters. The van der Waals surface area contributed by atoms with Crippen LogP contribution in [0.4, 0.5) is 10.1 Å². The molecule has 30 heavy (non-hydrogen) atoms. The molecular formula is C23H29FN3O3+. The van der Waals surface area contributed by atoms with Crippen molar-refractivity contribution < 1.29 is 23.6 Å². The Hall–Kier alpha value is -2.93. The van der Waals surface area contributed by atoms with E-state index in [1.165, 1.54) is 12.1 Å². The Kier molecular flexibility index (Phi) is 7.79. The summed E-state index contributed by atoms with van der Waals surface area (Å²) in [6, 6.07) is 13.7. The highest BCUT2D eigenvalue weighted by Gasteiger charge is 2.25. The molecule has 6 nitrogen and oxygen atoms in total. The number of rotatable bonds is 8. The van der Waals surface area contributed by atoms with Crippen LogP contribution in [0.2, 0.25) is 0 Å². The van der Waals surface area contributed by atoms with Crippen molar-refractivity contribution in [1.29, 1.82) is 0 Å². The van der Waals surface area contributed by atoms with Gasteiger partial charge in [-0.2, -0.15) is 0 Å². The van der Waals surface area contributed by atoms with Gasteiger partial charge in [0.1, 0.15) is 11.6 Å². The van der Waals surface area contributed by atoms with Crippen LogP contribution >= 0.6 is 0 Å². The molecule has 2 N–H and O–H groups in total. The molecule has 1 aliphatic heterocycles. The first-order chi connectivity index (χ1) is 14.5. The molecule has 1 saturated heterocycles. The summed E-state index contributed by atoms with van der Waals surface area (Å²) >= 11 is 0. The number of ether oxygens (including phenoxy) is 1. The standard InChI is InChI=1S/C23H28FN3O3/c1-2-30-21-9-4-3-6-18(21)10-11-23(29)27-14-12-26(13-15-27)17-22(28)25-20-8-5-7-19(24)16-20/h3-9,16H,2,10-15,17H2,1H3,(H,25,28)/p+1. The molecule has 1 fully saturated rings. The number of nitrogens with one attached hydrogen (secondary N) is 2. The number of hydrogen-bond acceptors (Lipinski definition) is 3. The van der Waals surface area contributed by atoms with Crippen molar-refractivity contribution in [3.8, 4) is 5.75 Å². The van der Waals surface area contributed by atoms with E-state index in [1.54, 1.807) is 12.1 Å². The van der Waals surface area contributed by atoms with E-state index in [4.69, 9.17) is 4.74 Å². The zero-order valence-electron chi connectivity index (χ0n) is 17.3. The van der Waals surface area contributed by atoms with Crippen LogP contribution in [0.1, 0.15) is 18.9 Å². The molecule has 0 bridgehead atoms. The average Bonchev–Trinajstić information content (AvgIpc) is 2.73. The fourth-order valence-corrected chi connectivity index (χ4v) is 3.65. The Morgan fingerprint density at radius 3 is 2.63 bits per heavy atom. The third-order valence-corrected chi connectivity index (χ3v) is 5.22. The SMILES string of the molecule is CCOc1ccccc1CCC(=O)N1CC[NH+](CC(=O)Nc2cccc(F)c2)CC1. The molecule has 0 radical (unpaired) electrons. The molecule has 0 spiro atoms. The molecule has 2 amide bonds. The van der Waals surface area contributed by atoms with Crippen LogP contribution in [0.15, 0.2) is 48.5 Å². The minimum absolute atomic E-state index is 0.129. The predicted octanol–water partition coefficient (Wildman–Crippen LogP) is 1.52. The maximum absolute atomic E-state index is 13.2. The number of para-hydroxylation sites is 1. The fraction of sp³-hybridized carbons (Fsp3) is 0.391. The number of carbonyl (C=O) groups excluding carboxylic acids is 2. The summed E-state index contributed by atoms with van der Waals surface area (Å²) in [6.45, 7) is 5.56. The maximum Gasteiger partial charge on any atom is 0.279 e. The second-order valence-electron chi connectivity index (χ2n) is 7.41. The van der Waals surface area contributed by atoms with Crippen LogP contribution in [0.3, 0.4) is 0 Å². The number of piperazine rings is 1. The van der Waals surface area contributed by atoms with Crippen molar-refractivity contribution in [2.45, 2.75) is 19.8 Å². The van der Waals surface area contributed by atoms with E-state index in [1.807, 2.05) is 36.1 Å². The van der Waals surface area contributed by atoms with Crippen LogP contribution in [0.5, 0.6) is 5.75 Å². The van der Waals surface area contributed by atoms with Gasteiger partial charge in [0.05, 0.1) is 32.8 Å². The molecule has 2 aromatic carbocycles. The highest BCUT2D eigenvalue weighted by Crippen LogP contribution is 2.19. The topological polar surface area (TPSA) is 63.1 Å². The van der Waals surface area contributed by atoms with Gasteiger partial charge >= 0.3 is 0 Å². The molecular weight excluding hydrogens is 385 g/mol. The first kappa shape index (κ1) is 21.8. The summed E-state index contributed by atoms with van der Waals surface area (Å²) in [6.07, 6.45) is 1.09. The quantitative estimate of drug-likeness (QED) is 0.689. The second-order valence-corrected chi connectivity index (χ2v) is 7.41. The van der Waals surface area contributed by atoms with E-state index in [0.29, 0.717) is 44.8 Å². The van der Waals surface area contributed by atoms with Gasteiger partial charge in [0, 0.05) is 12.1 Å². The monoisotopic (exact) mass is 414 g/mol. The van der Waals surface area contributed by atoms with Gasteiger partial charge in [-0.25, -0.2) is 4.39 Å². The number of amides is 2. The van der Waals surface area contributed by atoms with Gasteiger partial charge in [-0.05, 0) is 43.2 Å². The summed E-state index contributed by atoms with van der Waals surface area (Å²) in [5, 5.41) is 2.73. The van der Waals surface area contributed by atoms with Gasteiger partial charge in [0.15, 0.2) is 6.54 Å². The highest BCUT2D eigenvalue weighted by molar-refractivity contribution is 5.91. The van der Waals surface area contributed by atoms with Crippen molar-refractivity contribution in [3.05, 3.63) is 59.9 Å². The van der Waals surface area contributed by atoms with Gasteiger partial charge in [0.2, 0.25) is 5.91 Å². The van der Waals surface area contributed by atoms with Crippen LogP contribution < -0.4 is 15.0 Å². The Bertz CT molecular complexity index is 866. The number of anilines is 1. The van der Waals surface area contributed by atoms with E-state index >= 15 is 0 Å². The zero-order chi connectivity index (χ0) is 21.3. The smallest absolute Gasteiger partial charge is 0.279 e. The van der Waals surface area contributed by atoms with Crippen LogP contribution in [-0.2, 0) is 16.0 Å². The summed E-state index contributed by atoms with van der Waals surface area (Å²) in [7, 11) is 0. The van der Waals surface area contributed by atoms with Crippen LogP contribution in [-0.4, -0.2) is 56.0 Å². The molecule has 7 heteroatoms. The van der Waals surface area contributed by atoms with Gasteiger partial charge in [-0.15, -0.1) is 0 Å². The van der Waals surface area contributed by atoms with E-state index in [-0.39, 0.29) is 17.6 Å². The summed E-state index contributed by atoms with van der Waals surface area (Å²) in [4.78, 5) is 27.8. The maximum atomic E-state index is 13.2. The molecule has 1 heterocycles. The van der Waals surface area contributed by atoms with Crippen molar-refractivity contribution in [1.82, 2.24) is 4.90 Å². The zero-order valence-corrected chi connectivity index (χ0v) is 17.3. The number of nitrogens with zero attached hydrogens (tertiary/aromatic N) is 1. The van der Waals surface area contributed by atoms with Gasteiger partial charge in [0.25, 0.3) is 5.91 Å². The lowest BCUT2D eigenvalue weighted by atomic mass is 10.1. The van der Waals surface area contributed by atoms with Gasteiger partial charge in [-0.1, -0.05) is 24.3 Å². The molecule has 1 aliphatic rings. The number of hydrogen-bond donors (Lipinski definition) is 2. The number of quaternary nitrogens is 1. The number of halogens is 1. The van der Waals surface area contributed by atoms with E-state index < -0.39 is 0 Å². The van der Waals surface area contributed by atoms with Crippen LogP contribution in [0, 0.1) is 5.82 Å². The van der Waals surface area contributed by atoms with Crippen molar-refractivity contribution in [2.75, 3.05) is 44.6 Å². The van der Waals surface area contributed by atoms with Crippen molar-refractivity contribution in [3.63, 3.8) is 0 Å². The van der Waals surface area contributed by atoms with Crippen molar-refractivity contribution >= 4 is 17.5 Å². The summed E-state index contributed by atoms with van der Waals surface area (Å²) in [5.74, 6) is 0.440. The first-order valence-corrected chi connectivity index (χ1v) is 10.4. The number of aryl methyl sites for hydroxylation is 1. The van der Waals surface area contributed by atoms with Crippen molar-refractivity contribution in [2.24, 2.45) is 0 Å². The Morgan fingerprint density at radius 2 is 1.90 bits per heavy atom. The summed E-state index contributed by atoms with van der Waals surface area (Å²) in [5.41, 5.74) is 1.51. The molecule has 0 saturated carbocycles. The lowest BCUT2D eigenvalue weighted by Crippen LogP contribution is -3.15. The Morgan fingerprint density at radius 1 is 1.13 bits per heavy atom. The number of benzene rings is 2. The average molecular weight is 415 g/mol.